The van der Waals surface area contributed by atoms with Crippen LogP contribution in [0.2, 0.25) is 5.02 Å². The summed E-state index contributed by atoms with van der Waals surface area (Å²) >= 11 is 5.93. The third-order valence-corrected chi connectivity index (χ3v) is 3.17. The lowest BCUT2D eigenvalue weighted by atomic mass is 10.2. The minimum atomic E-state index is -0.923. The molecule has 0 saturated heterocycles. The molecule has 0 aliphatic carbocycles. The number of ether oxygens (including phenoxy) is 3. The number of halogens is 1. The zero-order valence-electron chi connectivity index (χ0n) is 17.3. The average Bonchev–Trinajstić information content (AvgIpc) is 2.50. The van der Waals surface area contributed by atoms with Gasteiger partial charge >= 0.3 is 18.2 Å². The van der Waals surface area contributed by atoms with Crippen LogP contribution in [0.4, 0.5) is 9.59 Å². The van der Waals surface area contributed by atoms with Gasteiger partial charge in [-0.15, -0.1) is 0 Å². The van der Waals surface area contributed by atoms with Gasteiger partial charge in [0.25, 0.3) is 0 Å². The summed E-state index contributed by atoms with van der Waals surface area (Å²) in [6.45, 7) is 11.5. The van der Waals surface area contributed by atoms with E-state index in [4.69, 9.17) is 25.8 Å². The number of aromatic nitrogens is 1. The largest absolute Gasteiger partial charge is 0.462 e. The molecule has 156 valence electrons. The topological polar surface area (TPSA) is 95.0 Å². The summed E-state index contributed by atoms with van der Waals surface area (Å²) in [5.74, 6) is -0.666. The number of esters is 1. The Balaban J connectivity index is 3.27. The number of nitrogens with zero attached hydrogens (tertiary/aromatic N) is 2. The molecule has 28 heavy (non-hydrogen) atoms. The molecule has 2 amide bonds. The van der Waals surface area contributed by atoms with E-state index in [2.05, 4.69) is 4.98 Å². The predicted molar refractivity (Wildman–Crippen MR) is 103 cm³/mol. The van der Waals surface area contributed by atoms with E-state index in [0.29, 0.717) is 0 Å². The van der Waals surface area contributed by atoms with Gasteiger partial charge in [-0.1, -0.05) is 11.6 Å². The molecule has 1 heterocycles. The van der Waals surface area contributed by atoms with Crippen LogP contribution in [0.5, 0.6) is 0 Å². The minimum Gasteiger partial charge on any atom is -0.462 e. The first-order valence-electron chi connectivity index (χ1n) is 8.78. The molecule has 0 spiro atoms. The Bertz CT molecular complexity index is 709. The highest BCUT2D eigenvalue weighted by molar-refractivity contribution is 6.30. The molecule has 9 heteroatoms. The average molecular weight is 415 g/mol. The van der Waals surface area contributed by atoms with Gasteiger partial charge in [0, 0.05) is 6.20 Å². The molecule has 0 radical (unpaired) electrons. The Morgan fingerprint density at radius 1 is 1.04 bits per heavy atom. The molecule has 0 atom stereocenters. The van der Waals surface area contributed by atoms with Gasteiger partial charge in [0.1, 0.15) is 11.2 Å². The van der Waals surface area contributed by atoms with Gasteiger partial charge in [0.05, 0.1) is 29.4 Å². The maximum atomic E-state index is 12.6. The van der Waals surface area contributed by atoms with Crippen molar-refractivity contribution in [3.8, 4) is 0 Å². The highest BCUT2D eigenvalue weighted by Crippen LogP contribution is 2.20. The van der Waals surface area contributed by atoms with Crippen molar-refractivity contribution >= 4 is 29.8 Å². The summed E-state index contributed by atoms with van der Waals surface area (Å²) in [4.78, 5) is 42.3. The van der Waals surface area contributed by atoms with Crippen LogP contribution in [-0.2, 0) is 20.8 Å². The lowest BCUT2D eigenvalue weighted by Crippen LogP contribution is -2.43. The Morgan fingerprint density at radius 3 is 1.96 bits per heavy atom. The molecular formula is C19H27ClN2O6. The monoisotopic (exact) mass is 414 g/mol. The van der Waals surface area contributed by atoms with Crippen molar-refractivity contribution in [2.24, 2.45) is 0 Å². The zero-order chi connectivity index (χ0) is 21.7. The van der Waals surface area contributed by atoms with E-state index in [-0.39, 0.29) is 29.4 Å². The Labute approximate surface area is 170 Å². The van der Waals surface area contributed by atoms with Crippen molar-refractivity contribution in [1.82, 2.24) is 9.88 Å². The number of amides is 2. The van der Waals surface area contributed by atoms with Gasteiger partial charge in [0.15, 0.2) is 0 Å². The number of carbonyl (C=O) groups is 3. The van der Waals surface area contributed by atoms with Crippen molar-refractivity contribution in [1.29, 1.82) is 0 Å². The molecule has 0 N–H and O–H groups in total. The van der Waals surface area contributed by atoms with E-state index < -0.39 is 29.4 Å². The summed E-state index contributed by atoms with van der Waals surface area (Å²) in [7, 11) is 0. The number of carbonyl (C=O) groups excluding carboxylic acids is 3. The number of hydrogen-bond donors (Lipinski definition) is 0. The first-order valence-corrected chi connectivity index (χ1v) is 9.16. The standard InChI is InChI=1S/C19H27ClN2O6/c1-8-26-15(23)13-9-12(20)10-21-14(13)11-22(16(24)27-18(2,3)4)17(25)28-19(5,6)7/h9-10H,8,11H2,1-7H3. The van der Waals surface area contributed by atoms with Crippen LogP contribution in [0, 0.1) is 0 Å². The van der Waals surface area contributed by atoms with Crippen molar-refractivity contribution < 1.29 is 28.6 Å². The van der Waals surface area contributed by atoms with Crippen molar-refractivity contribution in [2.45, 2.75) is 66.2 Å². The fraction of sp³-hybridized carbons (Fsp3) is 0.579. The van der Waals surface area contributed by atoms with E-state index in [1.807, 2.05) is 0 Å². The molecule has 0 unspecified atom stereocenters. The van der Waals surface area contributed by atoms with Crippen molar-refractivity contribution in [2.75, 3.05) is 6.61 Å². The number of hydrogen-bond acceptors (Lipinski definition) is 7. The van der Waals surface area contributed by atoms with Crippen LogP contribution in [0.15, 0.2) is 12.3 Å². The molecule has 1 rings (SSSR count). The SMILES string of the molecule is CCOC(=O)c1cc(Cl)cnc1CN(C(=O)OC(C)(C)C)C(=O)OC(C)(C)C. The Morgan fingerprint density at radius 2 is 1.54 bits per heavy atom. The number of imide groups is 1. The van der Waals surface area contributed by atoms with Crippen LogP contribution < -0.4 is 0 Å². The van der Waals surface area contributed by atoms with E-state index >= 15 is 0 Å². The summed E-state index contributed by atoms with van der Waals surface area (Å²) < 4.78 is 15.6. The molecule has 0 bridgehead atoms. The second kappa shape index (κ2) is 9.23. The Hall–Kier alpha value is -2.35. The van der Waals surface area contributed by atoms with E-state index in [9.17, 15) is 14.4 Å². The predicted octanol–water partition coefficient (Wildman–Crippen LogP) is 4.58. The van der Waals surface area contributed by atoms with E-state index in [1.165, 1.54) is 12.3 Å². The molecule has 0 fully saturated rings. The third kappa shape index (κ3) is 7.72. The van der Waals surface area contributed by atoms with Gasteiger partial charge < -0.3 is 14.2 Å². The summed E-state index contributed by atoms with van der Waals surface area (Å²) in [5, 5.41) is 0.216. The Kier molecular flexibility index (Phi) is 7.81. The van der Waals surface area contributed by atoms with Crippen molar-refractivity contribution in [3.63, 3.8) is 0 Å². The molecular weight excluding hydrogens is 388 g/mol. The van der Waals surface area contributed by atoms with Gasteiger partial charge in [-0.2, -0.15) is 0 Å². The fourth-order valence-electron chi connectivity index (χ4n) is 1.97. The van der Waals surface area contributed by atoms with E-state index in [0.717, 1.165) is 4.90 Å². The highest BCUT2D eigenvalue weighted by Gasteiger charge is 2.32. The third-order valence-electron chi connectivity index (χ3n) is 2.97. The normalized spacial score (nSPS) is 11.6. The second-order valence-corrected chi connectivity index (χ2v) is 8.35. The van der Waals surface area contributed by atoms with Crippen LogP contribution in [-0.4, -0.2) is 45.8 Å². The first-order chi connectivity index (χ1) is 12.7. The lowest BCUT2D eigenvalue weighted by molar-refractivity contribution is -0.000731. The number of rotatable bonds is 4. The first kappa shape index (κ1) is 23.7. The molecule has 0 saturated carbocycles. The van der Waals surface area contributed by atoms with Crippen molar-refractivity contribution in [3.05, 3.63) is 28.5 Å². The summed E-state index contributed by atoms with van der Waals surface area (Å²) in [6.07, 6.45) is -0.538. The van der Waals surface area contributed by atoms with Crippen LogP contribution in [0.3, 0.4) is 0 Å². The van der Waals surface area contributed by atoms with Crippen LogP contribution in [0.25, 0.3) is 0 Å². The molecule has 0 aliphatic heterocycles. The molecule has 0 aromatic carbocycles. The van der Waals surface area contributed by atoms with Crippen LogP contribution >= 0.6 is 11.6 Å². The zero-order valence-corrected chi connectivity index (χ0v) is 18.0. The quantitative estimate of drug-likeness (QED) is 0.525. The fourth-order valence-corrected chi connectivity index (χ4v) is 2.12. The van der Waals surface area contributed by atoms with Gasteiger partial charge in [0.2, 0.25) is 0 Å². The molecule has 1 aromatic heterocycles. The summed E-state index contributed by atoms with van der Waals surface area (Å²) in [5.41, 5.74) is -1.50. The summed E-state index contributed by atoms with van der Waals surface area (Å²) in [6, 6.07) is 1.37. The lowest BCUT2D eigenvalue weighted by Gasteiger charge is -2.28. The van der Waals surface area contributed by atoms with Gasteiger partial charge in [-0.25, -0.2) is 19.3 Å². The minimum absolute atomic E-state index is 0.0477. The molecule has 1 aromatic rings. The maximum Gasteiger partial charge on any atom is 0.420 e. The van der Waals surface area contributed by atoms with E-state index in [1.54, 1.807) is 48.5 Å². The maximum absolute atomic E-state index is 12.6. The second-order valence-electron chi connectivity index (χ2n) is 7.92. The highest BCUT2D eigenvalue weighted by atomic mass is 35.5. The van der Waals surface area contributed by atoms with Gasteiger partial charge in [-0.05, 0) is 54.5 Å². The van der Waals surface area contributed by atoms with Crippen LogP contribution in [0.1, 0.15) is 64.5 Å². The molecule has 8 nitrogen and oxygen atoms in total. The number of pyridine rings is 1. The molecule has 0 aliphatic rings. The van der Waals surface area contributed by atoms with Gasteiger partial charge in [-0.3, -0.25) is 4.98 Å². The smallest absolute Gasteiger partial charge is 0.420 e.